The number of amides is 1. The highest BCUT2D eigenvalue weighted by atomic mass is 16.2. The Morgan fingerprint density at radius 1 is 1.24 bits per heavy atom. The molecule has 2 fully saturated rings. The van der Waals surface area contributed by atoms with E-state index in [-0.39, 0.29) is 18.1 Å². The quantitative estimate of drug-likeness (QED) is 0.647. The molecular formula is C17H23N7O. The second kappa shape index (κ2) is 7.30. The summed E-state index contributed by atoms with van der Waals surface area (Å²) >= 11 is 0. The molecule has 0 aliphatic carbocycles. The zero-order valence-corrected chi connectivity index (χ0v) is 14.0. The molecule has 2 aromatic rings. The molecule has 8 nitrogen and oxygen atoms in total. The Kier molecular flexibility index (Phi) is 4.73. The Morgan fingerprint density at radius 3 is 2.92 bits per heavy atom. The Balaban J connectivity index is 1.34. The van der Waals surface area contributed by atoms with Gasteiger partial charge in [-0.05, 0) is 43.1 Å². The largest absolute Gasteiger partial charge is 0.334 e. The summed E-state index contributed by atoms with van der Waals surface area (Å²) in [5.41, 5.74) is 7.94. The average Bonchev–Trinajstić information content (AvgIpc) is 3.33. The van der Waals surface area contributed by atoms with Gasteiger partial charge >= 0.3 is 0 Å². The van der Waals surface area contributed by atoms with Gasteiger partial charge in [0.1, 0.15) is 5.69 Å². The first-order valence-corrected chi connectivity index (χ1v) is 8.77. The molecule has 4 rings (SSSR count). The minimum Gasteiger partial charge on any atom is -0.334 e. The highest BCUT2D eigenvalue weighted by molar-refractivity contribution is 5.92. The minimum absolute atomic E-state index is 0.132. The van der Waals surface area contributed by atoms with Crippen molar-refractivity contribution in [1.29, 1.82) is 0 Å². The number of nitrogens with one attached hydrogen (secondary N) is 4. The molecule has 2 aromatic heterocycles. The Hall–Kier alpha value is -2.29. The van der Waals surface area contributed by atoms with Crippen LogP contribution in [0.5, 0.6) is 0 Å². The van der Waals surface area contributed by atoms with E-state index in [0.717, 1.165) is 37.9 Å². The van der Waals surface area contributed by atoms with Crippen molar-refractivity contribution in [3.05, 3.63) is 48.0 Å². The third-order valence-electron chi connectivity index (χ3n) is 4.80. The third kappa shape index (κ3) is 3.71. The lowest BCUT2D eigenvalue weighted by Crippen LogP contribution is -2.44. The first-order chi connectivity index (χ1) is 12.3. The fourth-order valence-corrected chi connectivity index (χ4v) is 3.42. The number of rotatable bonds is 4. The topological polar surface area (TPSA) is 95.9 Å². The fraction of sp³-hybridized carbons (Fsp3) is 0.471. The van der Waals surface area contributed by atoms with Gasteiger partial charge in [-0.15, -0.1) is 0 Å². The average molecular weight is 341 g/mol. The third-order valence-corrected chi connectivity index (χ3v) is 4.80. The SMILES string of the molecule is O=C(NC1CC(c2ccncc2)NN1)c1ccn(C2CCCNC2)n1. The van der Waals surface area contributed by atoms with Crippen molar-refractivity contribution in [2.24, 2.45) is 0 Å². The smallest absolute Gasteiger partial charge is 0.273 e. The molecule has 8 heteroatoms. The van der Waals surface area contributed by atoms with Crippen LogP contribution >= 0.6 is 0 Å². The van der Waals surface area contributed by atoms with Gasteiger partial charge < -0.3 is 10.6 Å². The van der Waals surface area contributed by atoms with Gasteiger partial charge in [0, 0.05) is 37.6 Å². The lowest BCUT2D eigenvalue weighted by molar-refractivity contribution is 0.0926. The molecule has 3 atom stereocenters. The van der Waals surface area contributed by atoms with E-state index in [1.165, 1.54) is 0 Å². The van der Waals surface area contributed by atoms with Crippen molar-refractivity contribution < 1.29 is 4.79 Å². The van der Waals surface area contributed by atoms with Crippen molar-refractivity contribution in [3.63, 3.8) is 0 Å². The minimum atomic E-state index is -0.155. The van der Waals surface area contributed by atoms with Crippen LogP contribution in [0.15, 0.2) is 36.8 Å². The number of hydrogen-bond acceptors (Lipinski definition) is 6. The molecule has 1 amide bonds. The summed E-state index contributed by atoms with van der Waals surface area (Å²) in [6.07, 6.45) is 8.31. The van der Waals surface area contributed by atoms with E-state index in [2.05, 4.69) is 31.6 Å². The number of carbonyl (C=O) groups excluding carboxylic acids is 1. The maximum atomic E-state index is 12.5. The van der Waals surface area contributed by atoms with Crippen molar-refractivity contribution in [3.8, 4) is 0 Å². The summed E-state index contributed by atoms with van der Waals surface area (Å²) in [6, 6.07) is 6.22. The number of nitrogens with zero attached hydrogens (tertiary/aromatic N) is 3. The van der Waals surface area contributed by atoms with Crippen LogP contribution in [-0.2, 0) is 0 Å². The first kappa shape index (κ1) is 16.2. The van der Waals surface area contributed by atoms with E-state index in [1.54, 1.807) is 18.5 Å². The van der Waals surface area contributed by atoms with E-state index < -0.39 is 0 Å². The van der Waals surface area contributed by atoms with Gasteiger partial charge in [0.2, 0.25) is 0 Å². The number of pyridine rings is 1. The summed E-state index contributed by atoms with van der Waals surface area (Å²) in [4.78, 5) is 16.5. The highest BCUT2D eigenvalue weighted by Gasteiger charge is 2.27. The van der Waals surface area contributed by atoms with Gasteiger partial charge in [0.05, 0.1) is 12.2 Å². The molecule has 0 spiro atoms. The summed E-state index contributed by atoms with van der Waals surface area (Å²) in [7, 11) is 0. The predicted molar refractivity (Wildman–Crippen MR) is 92.5 cm³/mol. The maximum absolute atomic E-state index is 12.5. The van der Waals surface area contributed by atoms with Crippen LogP contribution in [0.2, 0.25) is 0 Å². The zero-order valence-electron chi connectivity index (χ0n) is 14.0. The molecule has 3 unspecified atom stereocenters. The lowest BCUT2D eigenvalue weighted by atomic mass is 10.1. The molecule has 4 heterocycles. The summed E-state index contributed by atoms with van der Waals surface area (Å²) < 4.78 is 1.90. The Morgan fingerprint density at radius 2 is 2.12 bits per heavy atom. The molecule has 0 saturated carbocycles. The van der Waals surface area contributed by atoms with Crippen LogP contribution in [0.4, 0.5) is 0 Å². The summed E-state index contributed by atoms with van der Waals surface area (Å²) in [6.45, 7) is 1.97. The summed E-state index contributed by atoms with van der Waals surface area (Å²) in [5, 5.41) is 10.8. The molecule has 4 N–H and O–H groups in total. The standard InChI is InChI=1S/C17H23N7O/c25-17(14-5-9-24(23-14)13-2-1-6-19-11-13)20-16-10-15(21-22-16)12-3-7-18-8-4-12/h3-5,7-9,13,15-16,19,21-22H,1-2,6,10-11H2,(H,20,25). The number of hydrogen-bond donors (Lipinski definition) is 4. The molecular weight excluding hydrogens is 318 g/mol. The Labute approximate surface area is 146 Å². The monoisotopic (exact) mass is 341 g/mol. The molecule has 0 bridgehead atoms. The second-order valence-electron chi connectivity index (χ2n) is 6.56. The van der Waals surface area contributed by atoms with Gasteiger partial charge in [-0.3, -0.25) is 14.5 Å². The van der Waals surface area contributed by atoms with Gasteiger partial charge in [-0.2, -0.15) is 5.10 Å². The van der Waals surface area contributed by atoms with Crippen LogP contribution < -0.4 is 21.5 Å². The van der Waals surface area contributed by atoms with Gasteiger partial charge in [-0.25, -0.2) is 10.9 Å². The molecule has 0 aromatic carbocycles. The fourth-order valence-electron chi connectivity index (χ4n) is 3.42. The summed E-state index contributed by atoms with van der Waals surface area (Å²) in [5.74, 6) is -0.155. The predicted octanol–water partition coefficient (Wildman–Crippen LogP) is 0.498. The van der Waals surface area contributed by atoms with E-state index in [1.807, 2.05) is 23.0 Å². The molecule has 2 aliphatic heterocycles. The van der Waals surface area contributed by atoms with Crippen LogP contribution in [0.3, 0.4) is 0 Å². The van der Waals surface area contributed by atoms with E-state index in [9.17, 15) is 4.79 Å². The van der Waals surface area contributed by atoms with Crippen LogP contribution in [-0.4, -0.2) is 39.9 Å². The van der Waals surface area contributed by atoms with Crippen molar-refractivity contribution in [2.75, 3.05) is 13.1 Å². The molecule has 132 valence electrons. The van der Waals surface area contributed by atoms with E-state index in [4.69, 9.17) is 0 Å². The number of carbonyl (C=O) groups is 1. The van der Waals surface area contributed by atoms with Crippen molar-refractivity contribution >= 4 is 5.91 Å². The van der Waals surface area contributed by atoms with Gasteiger partial charge in [0.25, 0.3) is 5.91 Å². The van der Waals surface area contributed by atoms with E-state index >= 15 is 0 Å². The highest BCUT2D eigenvalue weighted by Crippen LogP contribution is 2.20. The van der Waals surface area contributed by atoms with Crippen LogP contribution in [0.1, 0.15) is 47.4 Å². The van der Waals surface area contributed by atoms with Gasteiger partial charge in [0.15, 0.2) is 0 Å². The molecule has 2 aliphatic rings. The molecule has 2 saturated heterocycles. The number of piperidine rings is 1. The second-order valence-corrected chi connectivity index (χ2v) is 6.56. The normalized spacial score (nSPS) is 26.5. The number of aromatic nitrogens is 3. The maximum Gasteiger partial charge on any atom is 0.273 e. The first-order valence-electron chi connectivity index (χ1n) is 8.77. The van der Waals surface area contributed by atoms with Gasteiger partial charge in [-0.1, -0.05) is 0 Å². The van der Waals surface area contributed by atoms with Crippen molar-refractivity contribution in [2.45, 2.75) is 37.5 Å². The lowest BCUT2D eigenvalue weighted by Gasteiger charge is -2.22. The molecule has 25 heavy (non-hydrogen) atoms. The van der Waals surface area contributed by atoms with Crippen LogP contribution in [0.25, 0.3) is 0 Å². The molecule has 0 radical (unpaired) electrons. The van der Waals surface area contributed by atoms with E-state index in [0.29, 0.717) is 11.7 Å². The Bertz CT molecular complexity index is 711. The zero-order chi connectivity index (χ0) is 17.1. The van der Waals surface area contributed by atoms with Crippen molar-refractivity contribution in [1.82, 2.24) is 36.2 Å². The van der Waals surface area contributed by atoms with Crippen LogP contribution in [0, 0.1) is 0 Å². The number of hydrazine groups is 1.